The molecule has 3 aromatic heterocycles. The van der Waals surface area contributed by atoms with E-state index in [1.54, 1.807) is 13.8 Å². The molecule has 0 bridgehead atoms. The van der Waals surface area contributed by atoms with Crippen LogP contribution >= 0.6 is 0 Å². The van der Waals surface area contributed by atoms with Gasteiger partial charge in [0.25, 0.3) is 0 Å². The van der Waals surface area contributed by atoms with Crippen LogP contribution in [0.1, 0.15) is 66.5 Å². The summed E-state index contributed by atoms with van der Waals surface area (Å²) in [5, 5.41) is 4.46. The molecule has 2 atom stereocenters. The Morgan fingerprint density at radius 2 is 1.69 bits per heavy atom. The predicted molar refractivity (Wildman–Crippen MR) is 121 cm³/mol. The molecule has 2 aliphatic rings. The van der Waals surface area contributed by atoms with Gasteiger partial charge >= 0.3 is 0 Å². The van der Waals surface area contributed by atoms with E-state index in [0.717, 1.165) is 18.4 Å². The normalized spacial score (nSPS) is 20.5. The summed E-state index contributed by atoms with van der Waals surface area (Å²) in [6.07, 6.45) is 7.18. The van der Waals surface area contributed by atoms with Crippen molar-refractivity contribution in [1.82, 2.24) is 29.7 Å². The predicted octanol–water partition coefficient (Wildman–Crippen LogP) is 5.29. The minimum atomic E-state index is -1.05. The molecule has 7 nitrogen and oxygen atoms in total. The molecule has 4 heterocycles. The Labute approximate surface area is 199 Å². The maximum Gasteiger partial charge on any atom is 0.182 e. The lowest BCUT2D eigenvalue weighted by molar-refractivity contribution is 0.00396. The van der Waals surface area contributed by atoms with Gasteiger partial charge in [0.1, 0.15) is 34.5 Å². The Morgan fingerprint density at radius 3 is 2.43 bits per heavy atom. The number of rotatable bonds is 4. The van der Waals surface area contributed by atoms with E-state index in [4.69, 9.17) is 4.74 Å². The summed E-state index contributed by atoms with van der Waals surface area (Å²) in [7, 11) is 0. The van der Waals surface area contributed by atoms with Crippen molar-refractivity contribution in [1.29, 1.82) is 0 Å². The van der Waals surface area contributed by atoms with Crippen LogP contribution in [-0.4, -0.2) is 36.3 Å². The molecular formula is C25H23F3N6O. The van der Waals surface area contributed by atoms with Crippen molar-refractivity contribution in [3.63, 3.8) is 0 Å². The molecule has 1 saturated heterocycles. The molecule has 2 fully saturated rings. The summed E-state index contributed by atoms with van der Waals surface area (Å²) >= 11 is 0. The fourth-order valence-corrected chi connectivity index (χ4v) is 4.58. The van der Waals surface area contributed by atoms with Crippen molar-refractivity contribution in [3.8, 4) is 11.3 Å². The van der Waals surface area contributed by atoms with E-state index in [2.05, 4.69) is 25.0 Å². The van der Waals surface area contributed by atoms with Gasteiger partial charge in [-0.1, -0.05) is 0 Å². The van der Waals surface area contributed by atoms with E-state index in [0.29, 0.717) is 54.8 Å². The maximum absolute atomic E-state index is 14.8. The molecule has 1 unspecified atom stereocenters. The molecule has 4 aromatic rings. The van der Waals surface area contributed by atoms with Crippen molar-refractivity contribution in [2.45, 2.75) is 57.6 Å². The number of fused-ring (bicyclic) bond motifs is 1. The zero-order chi connectivity index (χ0) is 24.3. The number of halogens is 3. The van der Waals surface area contributed by atoms with E-state index in [9.17, 15) is 13.2 Å². The molecule has 1 saturated carbocycles. The Kier molecular flexibility index (Phi) is 5.28. The highest BCUT2D eigenvalue weighted by Crippen LogP contribution is 2.40. The molecule has 1 aliphatic heterocycles. The highest BCUT2D eigenvalue weighted by molar-refractivity contribution is 5.87. The molecule has 6 rings (SSSR count). The zero-order valence-corrected chi connectivity index (χ0v) is 19.3. The molecule has 0 amide bonds. The number of aryl methyl sites for hydroxylation is 2. The van der Waals surface area contributed by atoms with Crippen LogP contribution in [0.5, 0.6) is 0 Å². The van der Waals surface area contributed by atoms with Crippen molar-refractivity contribution in [2.75, 3.05) is 6.61 Å². The van der Waals surface area contributed by atoms with Crippen LogP contribution in [-0.2, 0) is 4.74 Å². The first kappa shape index (κ1) is 22.1. The van der Waals surface area contributed by atoms with Gasteiger partial charge in [0.15, 0.2) is 5.65 Å². The third kappa shape index (κ3) is 4.05. The molecule has 1 aliphatic carbocycles. The second kappa shape index (κ2) is 8.37. The van der Waals surface area contributed by atoms with Crippen LogP contribution in [0.15, 0.2) is 24.5 Å². The van der Waals surface area contributed by atoms with Gasteiger partial charge in [-0.2, -0.15) is 5.10 Å². The number of benzene rings is 1. The topological polar surface area (TPSA) is 78.6 Å². The fourth-order valence-electron chi connectivity index (χ4n) is 4.58. The minimum absolute atomic E-state index is 0.0276. The average Bonchev–Trinajstić information content (AvgIpc) is 3.55. The van der Waals surface area contributed by atoms with Gasteiger partial charge < -0.3 is 4.74 Å². The van der Waals surface area contributed by atoms with Crippen molar-refractivity contribution in [3.05, 3.63) is 64.8 Å². The summed E-state index contributed by atoms with van der Waals surface area (Å²) in [5.41, 5.74) is 2.20. The van der Waals surface area contributed by atoms with Crippen LogP contribution in [0.25, 0.3) is 22.4 Å². The monoisotopic (exact) mass is 480 g/mol. The lowest BCUT2D eigenvalue weighted by Gasteiger charge is -2.28. The molecule has 0 spiro atoms. The largest absolute Gasteiger partial charge is 0.373 e. The van der Waals surface area contributed by atoms with Gasteiger partial charge in [-0.15, -0.1) is 0 Å². The molecule has 35 heavy (non-hydrogen) atoms. The maximum atomic E-state index is 14.8. The van der Waals surface area contributed by atoms with E-state index in [-0.39, 0.29) is 28.9 Å². The summed E-state index contributed by atoms with van der Waals surface area (Å²) in [4.78, 5) is 18.3. The zero-order valence-electron chi connectivity index (χ0n) is 19.3. The van der Waals surface area contributed by atoms with Crippen molar-refractivity contribution < 1.29 is 17.9 Å². The number of nitrogens with zero attached hydrogens (tertiary/aromatic N) is 6. The van der Waals surface area contributed by atoms with Crippen LogP contribution in [0, 0.1) is 31.3 Å². The molecule has 1 aromatic carbocycles. The Bertz CT molecular complexity index is 1430. The second-order valence-electron chi connectivity index (χ2n) is 9.31. The first-order chi connectivity index (χ1) is 16.9. The SMILES string of the molecule is Cc1nc2nc(C3CCO[C@@H](c4cnn(C5CC5)c4)C3)nc(-c3c(F)cc(F)cc3F)c2nc1C. The molecule has 180 valence electrons. The average molecular weight is 480 g/mol. The van der Waals surface area contributed by atoms with E-state index >= 15 is 0 Å². The number of aromatic nitrogens is 6. The van der Waals surface area contributed by atoms with Crippen LogP contribution < -0.4 is 0 Å². The summed E-state index contributed by atoms with van der Waals surface area (Å²) in [6, 6.07) is 1.76. The van der Waals surface area contributed by atoms with Crippen LogP contribution in [0.3, 0.4) is 0 Å². The van der Waals surface area contributed by atoms with Gasteiger partial charge in [-0.05, 0) is 39.5 Å². The van der Waals surface area contributed by atoms with Gasteiger partial charge in [0.05, 0.1) is 35.3 Å². The second-order valence-corrected chi connectivity index (χ2v) is 9.31. The van der Waals surface area contributed by atoms with Crippen LogP contribution in [0.4, 0.5) is 13.2 Å². The van der Waals surface area contributed by atoms with Gasteiger partial charge in [0, 0.05) is 36.4 Å². The first-order valence-corrected chi connectivity index (χ1v) is 11.7. The molecule has 0 N–H and O–H groups in total. The smallest absolute Gasteiger partial charge is 0.182 e. The number of hydrogen-bond donors (Lipinski definition) is 0. The summed E-state index contributed by atoms with van der Waals surface area (Å²) < 4.78 is 51.3. The quantitative estimate of drug-likeness (QED) is 0.395. The molecule has 0 radical (unpaired) electrons. The third-order valence-corrected chi connectivity index (χ3v) is 6.77. The fraction of sp³-hybridized carbons (Fsp3) is 0.400. The Balaban J connectivity index is 1.44. The first-order valence-electron chi connectivity index (χ1n) is 11.7. The van der Waals surface area contributed by atoms with E-state index < -0.39 is 23.0 Å². The third-order valence-electron chi connectivity index (χ3n) is 6.77. The Morgan fingerprint density at radius 1 is 0.943 bits per heavy atom. The Hall–Kier alpha value is -3.40. The molecular weight excluding hydrogens is 457 g/mol. The number of hydrogen-bond acceptors (Lipinski definition) is 6. The van der Waals surface area contributed by atoms with Crippen molar-refractivity contribution in [2.24, 2.45) is 0 Å². The van der Waals surface area contributed by atoms with E-state index in [1.165, 1.54) is 0 Å². The van der Waals surface area contributed by atoms with Gasteiger partial charge in [-0.25, -0.2) is 33.1 Å². The lowest BCUT2D eigenvalue weighted by atomic mass is 9.92. The minimum Gasteiger partial charge on any atom is -0.373 e. The number of ether oxygens (including phenoxy) is 1. The molecule has 10 heteroatoms. The van der Waals surface area contributed by atoms with Crippen LogP contribution in [0.2, 0.25) is 0 Å². The van der Waals surface area contributed by atoms with Crippen molar-refractivity contribution >= 4 is 11.2 Å². The summed E-state index contributed by atoms with van der Waals surface area (Å²) in [5.74, 6) is -2.82. The summed E-state index contributed by atoms with van der Waals surface area (Å²) in [6.45, 7) is 4.03. The van der Waals surface area contributed by atoms with Gasteiger partial charge in [0.2, 0.25) is 0 Å². The highest BCUT2D eigenvalue weighted by atomic mass is 19.1. The lowest BCUT2D eigenvalue weighted by Crippen LogP contribution is -2.20. The highest BCUT2D eigenvalue weighted by Gasteiger charge is 2.31. The standard InChI is InChI=1S/C25H23F3N6O/c1-12-13(2)31-25-23(30-12)22(21-18(27)8-16(26)9-19(21)28)32-24(33-25)14-5-6-35-20(7-14)15-10-29-34(11-15)17-3-4-17/h8-11,14,17,20H,3-7H2,1-2H3/t14?,20-/m1/s1. The van der Waals surface area contributed by atoms with E-state index in [1.807, 2.05) is 17.1 Å². The van der Waals surface area contributed by atoms with Gasteiger partial charge in [-0.3, -0.25) is 4.68 Å².